The molecule has 2 N–H and O–H groups in total. The van der Waals surface area contributed by atoms with Gasteiger partial charge in [-0.15, -0.1) is 0 Å². The molecule has 106 valence electrons. The number of benzene rings is 1. The molecule has 0 aliphatic rings. The third kappa shape index (κ3) is 2.99. The van der Waals surface area contributed by atoms with E-state index in [9.17, 15) is 17.6 Å². The fraction of sp³-hybridized carbons (Fsp3) is 0.154. The van der Waals surface area contributed by atoms with Crippen LogP contribution >= 0.6 is 15.9 Å². The Kier molecular flexibility index (Phi) is 4.10. The standard InChI is InChI=1S/C13H9BrF4N2/c14-9-2-1-5-20-12(9)11(19)7-3-4-8(10(15)6-7)13(16,17)18/h1-6,11H,19H2. The molecule has 0 radical (unpaired) electrons. The molecule has 1 aromatic heterocycles. The van der Waals surface area contributed by atoms with Gasteiger partial charge in [0.05, 0.1) is 17.3 Å². The predicted molar refractivity (Wildman–Crippen MR) is 69.4 cm³/mol. The molecule has 0 spiro atoms. The molecule has 0 saturated heterocycles. The number of aromatic nitrogens is 1. The van der Waals surface area contributed by atoms with Gasteiger partial charge in [0.1, 0.15) is 5.82 Å². The minimum atomic E-state index is -4.72. The van der Waals surface area contributed by atoms with Gasteiger partial charge in [-0.1, -0.05) is 6.07 Å². The SMILES string of the molecule is NC(c1ccc(C(F)(F)F)c(F)c1)c1ncccc1Br. The Labute approximate surface area is 120 Å². The molecule has 0 aliphatic heterocycles. The quantitative estimate of drug-likeness (QED) is 0.831. The van der Waals surface area contributed by atoms with Gasteiger partial charge in [-0.25, -0.2) is 4.39 Å². The van der Waals surface area contributed by atoms with Crippen molar-refractivity contribution in [1.29, 1.82) is 0 Å². The molecular weight excluding hydrogens is 340 g/mol. The highest BCUT2D eigenvalue weighted by Crippen LogP contribution is 2.33. The topological polar surface area (TPSA) is 38.9 Å². The lowest BCUT2D eigenvalue weighted by Crippen LogP contribution is -2.16. The molecule has 0 aliphatic carbocycles. The summed E-state index contributed by atoms with van der Waals surface area (Å²) >= 11 is 3.24. The number of alkyl halides is 3. The van der Waals surface area contributed by atoms with Crippen molar-refractivity contribution in [3.05, 3.63) is 63.6 Å². The Morgan fingerprint density at radius 2 is 1.90 bits per heavy atom. The smallest absolute Gasteiger partial charge is 0.319 e. The summed E-state index contributed by atoms with van der Waals surface area (Å²) in [5, 5.41) is 0. The molecule has 2 rings (SSSR count). The maximum absolute atomic E-state index is 13.5. The summed E-state index contributed by atoms with van der Waals surface area (Å²) in [7, 11) is 0. The van der Waals surface area contributed by atoms with Crippen molar-refractivity contribution in [2.75, 3.05) is 0 Å². The van der Waals surface area contributed by atoms with Crippen LogP contribution in [0.3, 0.4) is 0 Å². The zero-order valence-corrected chi connectivity index (χ0v) is 11.5. The van der Waals surface area contributed by atoms with Crippen molar-refractivity contribution >= 4 is 15.9 Å². The lowest BCUT2D eigenvalue weighted by atomic mass is 10.0. The van der Waals surface area contributed by atoms with E-state index in [1.807, 2.05) is 0 Å². The van der Waals surface area contributed by atoms with E-state index < -0.39 is 23.6 Å². The zero-order chi connectivity index (χ0) is 14.9. The van der Waals surface area contributed by atoms with Crippen LogP contribution in [-0.4, -0.2) is 4.98 Å². The minimum absolute atomic E-state index is 0.218. The second-order valence-corrected chi connectivity index (χ2v) is 4.94. The highest BCUT2D eigenvalue weighted by molar-refractivity contribution is 9.10. The molecule has 0 saturated carbocycles. The van der Waals surface area contributed by atoms with Crippen LogP contribution in [0.15, 0.2) is 41.0 Å². The van der Waals surface area contributed by atoms with Crippen molar-refractivity contribution in [1.82, 2.24) is 4.98 Å². The highest BCUT2D eigenvalue weighted by atomic mass is 79.9. The largest absolute Gasteiger partial charge is 0.419 e. The molecule has 1 unspecified atom stereocenters. The van der Waals surface area contributed by atoms with E-state index in [0.29, 0.717) is 16.2 Å². The van der Waals surface area contributed by atoms with Gasteiger partial charge in [0.15, 0.2) is 0 Å². The van der Waals surface area contributed by atoms with Gasteiger partial charge in [0.2, 0.25) is 0 Å². The van der Waals surface area contributed by atoms with Crippen LogP contribution in [0.4, 0.5) is 17.6 Å². The summed E-state index contributed by atoms with van der Waals surface area (Å²) in [5.41, 5.74) is 5.23. The predicted octanol–water partition coefficient (Wildman–Crippen LogP) is 4.05. The maximum atomic E-state index is 13.5. The van der Waals surface area contributed by atoms with Crippen LogP contribution in [0, 0.1) is 5.82 Å². The normalized spacial score (nSPS) is 13.3. The molecule has 2 nitrogen and oxygen atoms in total. The number of nitrogens with zero attached hydrogens (tertiary/aromatic N) is 1. The first-order valence-corrected chi connectivity index (χ1v) is 6.32. The Hall–Kier alpha value is -1.47. The summed E-state index contributed by atoms with van der Waals surface area (Å²) in [4.78, 5) is 4.04. The lowest BCUT2D eigenvalue weighted by molar-refractivity contribution is -0.140. The number of hydrogen-bond acceptors (Lipinski definition) is 2. The molecule has 2 aromatic rings. The third-order valence-electron chi connectivity index (χ3n) is 2.74. The lowest BCUT2D eigenvalue weighted by Gasteiger charge is -2.15. The fourth-order valence-electron chi connectivity index (χ4n) is 1.74. The van der Waals surface area contributed by atoms with E-state index in [4.69, 9.17) is 5.73 Å². The molecule has 20 heavy (non-hydrogen) atoms. The molecule has 0 fully saturated rings. The second-order valence-electron chi connectivity index (χ2n) is 4.09. The molecular formula is C13H9BrF4N2. The van der Waals surface area contributed by atoms with Gasteiger partial charge in [-0.3, -0.25) is 4.98 Å². The molecule has 1 heterocycles. The Bertz CT molecular complexity index is 628. The molecule has 7 heteroatoms. The molecule has 0 bridgehead atoms. The fourth-order valence-corrected chi connectivity index (χ4v) is 2.24. The van der Waals surface area contributed by atoms with Crippen LogP contribution in [0.25, 0.3) is 0 Å². The summed E-state index contributed by atoms with van der Waals surface area (Å²) < 4.78 is 51.6. The van der Waals surface area contributed by atoms with Gasteiger partial charge in [0, 0.05) is 10.7 Å². The van der Waals surface area contributed by atoms with Crippen molar-refractivity contribution in [2.24, 2.45) is 5.73 Å². The summed E-state index contributed by atoms with van der Waals surface area (Å²) in [6.07, 6.45) is -3.22. The number of halogens is 5. The van der Waals surface area contributed by atoms with Gasteiger partial charge >= 0.3 is 6.18 Å². The van der Waals surface area contributed by atoms with Gasteiger partial charge in [-0.05, 0) is 45.8 Å². The molecule has 1 atom stereocenters. The number of pyridine rings is 1. The van der Waals surface area contributed by atoms with E-state index in [2.05, 4.69) is 20.9 Å². The highest BCUT2D eigenvalue weighted by Gasteiger charge is 2.34. The van der Waals surface area contributed by atoms with Crippen LogP contribution in [-0.2, 0) is 6.18 Å². The van der Waals surface area contributed by atoms with Crippen LogP contribution in [0.2, 0.25) is 0 Å². The average Bonchev–Trinajstić information content (AvgIpc) is 2.37. The summed E-state index contributed by atoms with van der Waals surface area (Å²) in [6, 6.07) is 5.17. The summed E-state index contributed by atoms with van der Waals surface area (Å²) in [6.45, 7) is 0. The Morgan fingerprint density at radius 1 is 1.20 bits per heavy atom. The average molecular weight is 349 g/mol. The van der Waals surface area contributed by atoms with Crippen molar-refractivity contribution in [3.63, 3.8) is 0 Å². The van der Waals surface area contributed by atoms with Crippen molar-refractivity contribution < 1.29 is 17.6 Å². The maximum Gasteiger partial charge on any atom is 0.419 e. The van der Waals surface area contributed by atoms with E-state index in [1.165, 1.54) is 6.20 Å². The van der Waals surface area contributed by atoms with Crippen molar-refractivity contribution in [2.45, 2.75) is 12.2 Å². The van der Waals surface area contributed by atoms with E-state index >= 15 is 0 Å². The van der Waals surface area contributed by atoms with Crippen LogP contribution in [0.5, 0.6) is 0 Å². The van der Waals surface area contributed by atoms with Gasteiger partial charge in [-0.2, -0.15) is 13.2 Å². The number of nitrogens with two attached hydrogens (primary N) is 1. The van der Waals surface area contributed by atoms with Crippen LogP contribution < -0.4 is 5.73 Å². The molecule has 0 amide bonds. The van der Waals surface area contributed by atoms with Gasteiger partial charge < -0.3 is 5.73 Å². The Balaban J connectivity index is 2.40. The number of hydrogen-bond donors (Lipinski definition) is 1. The monoisotopic (exact) mass is 348 g/mol. The van der Waals surface area contributed by atoms with Gasteiger partial charge in [0.25, 0.3) is 0 Å². The van der Waals surface area contributed by atoms with E-state index in [-0.39, 0.29) is 5.56 Å². The first-order chi connectivity index (χ1) is 9.30. The zero-order valence-electron chi connectivity index (χ0n) is 9.96. The Morgan fingerprint density at radius 3 is 2.45 bits per heavy atom. The van der Waals surface area contributed by atoms with E-state index in [1.54, 1.807) is 12.1 Å². The van der Waals surface area contributed by atoms with Crippen LogP contribution in [0.1, 0.15) is 22.9 Å². The first kappa shape index (κ1) is 14.9. The van der Waals surface area contributed by atoms with Crippen molar-refractivity contribution in [3.8, 4) is 0 Å². The summed E-state index contributed by atoms with van der Waals surface area (Å²) in [5.74, 6) is -1.35. The minimum Gasteiger partial charge on any atom is -0.319 e. The number of rotatable bonds is 2. The van der Waals surface area contributed by atoms with E-state index in [0.717, 1.165) is 12.1 Å². The first-order valence-electron chi connectivity index (χ1n) is 5.53. The second kappa shape index (κ2) is 5.49. The third-order valence-corrected chi connectivity index (χ3v) is 3.41. The molecule has 1 aromatic carbocycles.